The van der Waals surface area contributed by atoms with Crippen molar-refractivity contribution < 1.29 is 9.13 Å². The number of nitrogens with zero attached hydrogens (tertiary/aromatic N) is 2. The van der Waals surface area contributed by atoms with Crippen molar-refractivity contribution in [2.45, 2.75) is 39.8 Å². The monoisotopic (exact) mass is 492 g/mol. The zero-order valence-corrected chi connectivity index (χ0v) is 19.3. The lowest BCUT2D eigenvalue weighted by atomic mass is 10.0. The summed E-state index contributed by atoms with van der Waals surface area (Å²) in [6, 6.07) is 5.77. The molecule has 0 aromatic heterocycles. The molecule has 0 aliphatic carbocycles. The Morgan fingerprint density at radius 3 is 2.56 bits per heavy atom. The smallest absolute Gasteiger partial charge is 0.191 e. The molecule has 154 valence electrons. The van der Waals surface area contributed by atoms with Gasteiger partial charge in [-0.1, -0.05) is 26.0 Å². The van der Waals surface area contributed by atoms with Gasteiger partial charge in [-0.25, -0.2) is 4.39 Å². The standard InChI is InChI=1S/C20H33FN4O.HI/c1-15(2)11-18(25-7-9-26-10-8-25)14-24-20(22-4)23-13-17-6-5-16(3)19(21)12-17;/h5-6,12,15,18H,7-11,13-14H2,1-4H3,(H2,22,23,24);1H. The van der Waals surface area contributed by atoms with Crippen LogP contribution in [-0.4, -0.2) is 56.8 Å². The van der Waals surface area contributed by atoms with Gasteiger partial charge in [-0.05, 0) is 36.5 Å². The third kappa shape index (κ3) is 8.31. The largest absolute Gasteiger partial charge is 0.379 e. The lowest BCUT2D eigenvalue weighted by molar-refractivity contribution is 0.0132. The molecule has 1 unspecified atom stereocenters. The van der Waals surface area contributed by atoms with Gasteiger partial charge >= 0.3 is 0 Å². The molecule has 0 bridgehead atoms. The van der Waals surface area contributed by atoms with E-state index in [0.29, 0.717) is 24.1 Å². The molecule has 7 heteroatoms. The first-order valence-corrected chi connectivity index (χ1v) is 9.51. The van der Waals surface area contributed by atoms with Crippen LogP contribution in [0, 0.1) is 18.7 Å². The van der Waals surface area contributed by atoms with Crippen LogP contribution in [0.1, 0.15) is 31.4 Å². The predicted octanol–water partition coefficient (Wildman–Crippen LogP) is 3.16. The summed E-state index contributed by atoms with van der Waals surface area (Å²) < 4.78 is 19.2. The number of aliphatic imine (C=N–C) groups is 1. The lowest BCUT2D eigenvalue weighted by Gasteiger charge is -2.35. The topological polar surface area (TPSA) is 48.9 Å². The van der Waals surface area contributed by atoms with Crippen LogP contribution in [0.5, 0.6) is 0 Å². The first-order valence-electron chi connectivity index (χ1n) is 9.51. The second-order valence-corrected chi connectivity index (χ2v) is 7.32. The van der Waals surface area contributed by atoms with Crippen LogP contribution in [0.2, 0.25) is 0 Å². The molecule has 1 heterocycles. The fourth-order valence-electron chi connectivity index (χ4n) is 3.22. The van der Waals surface area contributed by atoms with Gasteiger partial charge in [-0.2, -0.15) is 0 Å². The molecule has 1 saturated heterocycles. The van der Waals surface area contributed by atoms with E-state index in [1.807, 2.05) is 6.07 Å². The average molecular weight is 492 g/mol. The summed E-state index contributed by atoms with van der Waals surface area (Å²) in [4.78, 5) is 6.80. The van der Waals surface area contributed by atoms with Crippen molar-refractivity contribution in [2.24, 2.45) is 10.9 Å². The van der Waals surface area contributed by atoms with Gasteiger partial charge in [0.25, 0.3) is 0 Å². The summed E-state index contributed by atoms with van der Waals surface area (Å²) in [6.45, 7) is 11.2. The van der Waals surface area contributed by atoms with E-state index in [0.717, 1.165) is 50.8 Å². The third-order valence-electron chi connectivity index (χ3n) is 4.73. The number of benzene rings is 1. The van der Waals surface area contributed by atoms with Crippen molar-refractivity contribution in [1.29, 1.82) is 0 Å². The van der Waals surface area contributed by atoms with Crippen molar-refractivity contribution in [1.82, 2.24) is 15.5 Å². The minimum atomic E-state index is -0.170. The maximum atomic E-state index is 13.7. The highest BCUT2D eigenvalue weighted by Crippen LogP contribution is 2.13. The molecule has 0 amide bonds. The molecule has 27 heavy (non-hydrogen) atoms. The maximum absolute atomic E-state index is 13.7. The molecule has 2 N–H and O–H groups in total. The Bertz CT molecular complexity index is 591. The van der Waals surface area contributed by atoms with E-state index >= 15 is 0 Å². The number of ether oxygens (including phenoxy) is 1. The summed E-state index contributed by atoms with van der Waals surface area (Å²) in [5, 5.41) is 6.70. The van der Waals surface area contributed by atoms with Crippen molar-refractivity contribution >= 4 is 29.9 Å². The Morgan fingerprint density at radius 1 is 1.26 bits per heavy atom. The van der Waals surface area contributed by atoms with Crippen LogP contribution in [0.4, 0.5) is 4.39 Å². The highest BCUT2D eigenvalue weighted by molar-refractivity contribution is 14.0. The van der Waals surface area contributed by atoms with Gasteiger partial charge in [0.2, 0.25) is 0 Å². The van der Waals surface area contributed by atoms with E-state index in [1.165, 1.54) is 0 Å². The fourth-order valence-corrected chi connectivity index (χ4v) is 3.22. The molecule has 2 rings (SSSR count). The Balaban J connectivity index is 0.00000364. The van der Waals surface area contributed by atoms with E-state index in [2.05, 4.69) is 34.4 Å². The summed E-state index contributed by atoms with van der Waals surface area (Å²) in [7, 11) is 1.76. The van der Waals surface area contributed by atoms with Crippen molar-refractivity contribution in [3.63, 3.8) is 0 Å². The normalized spacial score (nSPS) is 16.7. The molecule has 0 radical (unpaired) electrons. The van der Waals surface area contributed by atoms with E-state index in [1.54, 1.807) is 26.1 Å². The molecule has 1 aliphatic rings. The zero-order chi connectivity index (χ0) is 18.9. The Morgan fingerprint density at radius 2 is 1.96 bits per heavy atom. The number of hydrogen-bond acceptors (Lipinski definition) is 3. The number of aryl methyl sites for hydroxylation is 1. The summed E-state index contributed by atoms with van der Waals surface area (Å²) in [6.07, 6.45) is 1.13. The molecule has 1 aromatic carbocycles. The minimum Gasteiger partial charge on any atom is -0.379 e. The van der Waals surface area contributed by atoms with E-state index in [9.17, 15) is 4.39 Å². The average Bonchev–Trinajstić information content (AvgIpc) is 2.64. The van der Waals surface area contributed by atoms with E-state index in [-0.39, 0.29) is 29.8 Å². The van der Waals surface area contributed by atoms with E-state index < -0.39 is 0 Å². The maximum Gasteiger partial charge on any atom is 0.191 e. The molecule has 0 saturated carbocycles. The molecular weight excluding hydrogens is 458 g/mol. The zero-order valence-electron chi connectivity index (χ0n) is 16.9. The summed E-state index contributed by atoms with van der Waals surface area (Å²) in [5.41, 5.74) is 1.57. The molecule has 1 atom stereocenters. The predicted molar refractivity (Wildman–Crippen MR) is 120 cm³/mol. The van der Waals surface area contributed by atoms with Crippen LogP contribution < -0.4 is 10.6 Å². The molecule has 5 nitrogen and oxygen atoms in total. The van der Waals surface area contributed by atoms with Gasteiger partial charge in [0.15, 0.2) is 5.96 Å². The van der Waals surface area contributed by atoms with Crippen LogP contribution in [0.15, 0.2) is 23.2 Å². The molecule has 0 spiro atoms. The third-order valence-corrected chi connectivity index (χ3v) is 4.73. The number of rotatable bonds is 7. The van der Waals surface area contributed by atoms with Crippen LogP contribution >= 0.6 is 24.0 Å². The van der Waals surface area contributed by atoms with Crippen LogP contribution in [0.25, 0.3) is 0 Å². The number of morpholine rings is 1. The van der Waals surface area contributed by atoms with Gasteiger partial charge in [-0.15, -0.1) is 24.0 Å². The number of guanidine groups is 1. The Labute approximate surface area is 180 Å². The first-order chi connectivity index (χ1) is 12.5. The number of hydrogen-bond donors (Lipinski definition) is 2. The van der Waals surface area contributed by atoms with Crippen molar-refractivity contribution in [3.8, 4) is 0 Å². The SMILES string of the molecule is CN=C(NCc1ccc(C)c(F)c1)NCC(CC(C)C)N1CCOCC1.I. The van der Waals surface area contributed by atoms with Crippen molar-refractivity contribution in [2.75, 3.05) is 39.9 Å². The Kier molecular flexibility index (Phi) is 11.2. The van der Waals surface area contributed by atoms with Gasteiger partial charge in [0.05, 0.1) is 13.2 Å². The quantitative estimate of drug-likeness (QED) is 0.349. The van der Waals surface area contributed by atoms with Gasteiger partial charge in [-0.3, -0.25) is 9.89 Å². The highest BCUT2D eigenvalue weighted by atomic mass is 127. The van der Waals surface area contributed by atoms with Gasteiger partial charge < -0.3 is 15.4 Å². The number of nitrogens with one attached hydrogen (secondary N) is 2. The highest BCUT2D eigenvalue weighted by Gasteiger charge is 2.22. The van der Waals surface area contributed by atoms with E-state index in [4.69, 9.17) is 4.74 Å². The van der Waals surface area contributed by atoms with Crippen molar-refractivity contribution in [3.05, 3.63) is 35.1 Å². The van der Waals surface area contributed by atoms with Crippen LogP contribution in [0.3, 0.4) is 0 Å². The Hall–Kier alpha value is -0.930. The summed E-state index contributed by atoms with van der Waals surface area (Å²) >= 11 is 0. The second-order valence-electron chi connectivity index (χ2n) is 7.32. The number of halogens is 2. The lowest BCUT2D eigenvalue weighted by Crippen LogP contribution is -2.50. The first kappa shape index (κ1) is 24.1. The van der Waals surface area contributed by atoms with Crippen LogP contribution in [-0.2, 0) is 11.3 Å². The second kappa shape index (κ2) is 12.5. The molecule has 1 aromatic rings. The summed E-state index contributed by atoms with van der Waals surface area (Å²) in [5.74, 6) is 1.21. The fraction of sp³-hybridized carbons (Fsp3) is 0.650. The minimum absolute atomic E-state index is 0. The van der Waals surface area contributed by atoms with Gasteiger partial charge in [0, 0.05) is 39.3 Å². The van der Waals surface area contributed by atoms with Gasteiger partial charge in [0.1, 0.15) is 5.82 Å². The molecule has 1 aliphatic heterocycles. The molecule has 1 fully saturated rings. The molecular formula is C20H34FIN4O.